The molecule has 0 aliphatic carbocycles. The summed E-state index contributed by atoms with van der Waals surface area (Å²) in [7, 11) is -4.05. The zero-order chi connectivity index (χ0) is 13.8. The van der Waals surface area contributed by atoms with Gasteiger partial charge in [-0.1, -0.05) is 18.2 Å². The van der Waals surface area contributed by atoms with Crippen molar-refractivity contribution in [2.24, 2.45) is 0 Å². The van der Waals surface area contributed by atoms with Crippen LogP contribution < -0.4 is 0 Å². The second-order valence-electron chi connectivity index (χ2n) is 3.45. The van der Waals surface area contributed by atoms with E-state index in [0.717, 1.165) is 0 Å². The van der Waals surface area contributed by atoms with Crippen molar-refractivity contribution in [1.82, 2.24) is 0 Å². The normalized spacial score (nSPS) is 10.8. The Labute approximate surface area is 106 Å². The van der Waals surface area contributed by atoms with Crippen LogP contribution in [0.4, 0.5) is 0 Å². The number of hydrogen-bond acceptors (Lipinski definition) is 5. The Balaban J connectivity index is 2.94. The molecule has 0 unspecified atom stereocenters. The molecule has 0 N–H and O–H groups in total. The summed E-state index contributed by atoms with van der Waals surface area (Å²) in [5.41, 5.74) is 0.522. The Bertz CT molecular complexity index is 560. The number of esters is 1. The van der Waals surface area contributed by atoms with E-state index in [4.69, 9.17) is 0 Å². The van der Waals surface area contributed by atoms with Gasteiger partial charge >= 0.3 is 16.1 Å². The molecule has 5 nitrogen and oxygen atoms in total. The monoisotopic (exact) mass is 270 g/mol. The molecule has 0 bridgehead atoms. The van der Waals surface area contributed by atoms with Gasteiger partial charge in [-0.15, -0.1) is 0 Å². The highest BCUT2D eigenvalue weighted by Crippen LogP contribution is 2.19. The standard InChI is InChI=1S/C12H14O5S/c1-4-16-12(13)10(3)17-18(14,15)11-8-6-5-7-9(11)2/h5-8H,3-4H2,1-2H3. The van der Waals surface area contributed by atoms with Gasteiger partial charge in [0.25, 0.3) is 0 Å². The van der Waals surface area contributed by atoms with Crippen molar-refractivity contribution in [3.8, 4) is 0 Å². The fraction of sp³-hybridized carbons (Fsp3) is 0.250. The van der Waals surface area contributed by atoms with Crippen LogP contribution in [0, 0.1) is 6.92 Å². The Kier molecular flexibility index (Phi) is 4.49. The summed E-state index contributed by atoms with van der Waals surface area (Å²) in [6.45, 7) is 6.58. The Hall–Kier alpha value is -1.82. The van der Waals surface area contributed by atoms with Crippen molar-refractivity contribution in [2.75, 3.05) is 6.61 Å². The number of rotatable bonds is 5. The molecule has 98 valence electrons. The minimum absolute atomic E-state index is 0.00421. The van der Waals surface area contributed by atoms with E-state index in [1.165, 1.54) is 6.07 Å². The van der Waals surface area contributed by atoms with Crippen LogP contribution in [0.1, 0.15) is 12.5 Å². The number of hydrogen-bond donors (Lipinski definition) is 0. The van der Waals surface area contributed by atoms with Crippen molar-refractivity contribution in [3.05, 3.63) is 42.2 Å². The maximum Gasteiger partial charge on any atom is 0.374 e. The minimum Gasteiger partial charge on any atom is -0.460 e. The lowest BCUT2D eigenvalue weighted by atomic mass is 10.2. The van der Waals surface area contributed by atoms with Crippen LogP contribution in [-0.4, -0.2) is 21.0 Å². The summed E-state index contributed by atoms with van der Waals surface area (Å²) in [5, 5.41) is 0. The van der Waals surface area contributed by atoms with Crippen molar-refractivity contribution >= 4 is 16.1 Å². The molecule has 0 saturated carbocycles. The number of aryl methyl sites for hydroxylation is 1. The summed E-state index contributed by atoms with van der Waals surface area (Å²) in [6, 6.07) is 6.29. The number of ether oxygens (including phenoxy) is 1. The molecule has 0 aliphatic rings. The van der Waals surface area contributed by atoms with Gasteiger partial charge in [0.2, 0.25) is 5.76 Å². The van der Waals surface area contributed by atoms with Crippen LogP contribution in [0.15, 0.2) is 41.5 Å². The molecular formula is C12H14O5S. The fourth-order valence-electron chi connectivity index (χ4n) is 1.26. The highest BCUT2D eigenvalue weighted by Gasteiger charge is 2.22. The van der Waals surface area contributed by atoms with Crippen molar-refractivity contribution in [1.29, 1.82) is 0 Å². The topological polar surface area (TPSA) is 69.7 Å². The van der Waals surface area contributed by atoms with Gasteiger partial charge in [0.15, 0.2) is 0 Å². The van der Waals surface area contributed by atoms with Gasteiger partial charge in [-0.2, -0.15) is 8.42 Å². The van der Waals surface area contributed by atoms with Crippen LogP contribution in [0.25, 0.3) is 0 Å². The molecule has 0 aliphatic heterocycles. The van der Waals surface area contributed by atoms with Gasteiger partial charge in [0.1, 0.15) is 4.90 Å². The molecular weight excluding hydrogens is 256 g/mol. The lowest BCUT2D eigenvalue weighted by molar-refractivity contribution is -0.140. The molecule has 1 aromatic carbocycles. The fourth-order valence-corrected chi connectivity index (χ4v) is 2.39. The van der Waals surface area contributed by atoms with Crippen LogP contribution in [0.2, 0.25) is 0 Å². The predicted molar refractivity (Wildman–Crippen MR) is 65.2 cm³/mol. The molecule has 0 fully saturated rings. The first-order valence-corrected chi connectivity index (χ1v) is 6.65. The maximum absolute atomic E-state index is 11.9. The van der Waals surface area contributed by atoms with Crippen LogP contribution in [0.5, 0.6) is 0 Å². The van der Waals surface area contributed by atoms with E-state index >= 15 is 0 Å². The van der Waals surface area contributed by atoms with E-state index in [0.29, 0.717) is 5.56 Å². The van der Waals surface area contributed by atoms with Crippen LogP contribution in [0.3, 0.4) is 0 Å². The average Bonchev–Trinajstić information content (AvgIpc) is 2.29. The first-order valence-electron chi connectivity index (χ1n) is 5.24. The molecule has 0 spiro atoms. The molecule has 0 heterocycles. The van der Waals surface area contributed by atoms with E-state index in [1.54, 1.807) is 32.0 Å². The third-order valence-corrected chi connectivity index (χ3v) is 3.49. The van der Waals surface area contributed by atoms with Gasteiger partial charge in [-0.25, -0.2) is 4.79 Å². The third kappa shape index (κ3) is 3.33. The smallest absolute Gasteiger partial charge is 0.374 e. The summed E-state index contributed by atoms with van der Waals surface area (Å²) in [6.07, 6.45) is 0. The Morgan fingerprint density at radius 1 is 1.33 bits per heavy atom. The molecule has 0 radical (unpaired) electrons. The van der Waals surface area contributed by atoms with E-state index in [-0.39, 0.29) is 11.5 Å². The van der Waals surface area contributed by atoms with Gasteiger partial charge in [0.05, 0.1) is 6.61 Å². The van der Waals surface area contributed by atoms with Gasteiger partial charge in [-0.05, 0) is 32.1 Å². The van der Waals surface area contributed by atoms with Crippen molar-refractivity contribution in [3.63, 3.8) is 0 Å². The Morgan fingerprint density at radius 3 is 2.50 bits per heavy atom. The first kappa shape index (κ1) is 14.2. The third-order valence-electron chi connectivity index (χ3n) is 2.08. The maximum atomic E-state index is 11.9. The zero-order valence-corrected chi connectivity index (χ0v) is 11.0. The molecule has 6 heteroatoms. The highest BCUT2D eigenvalue weighted by atomic mass is 32.2. The number of carbonyl (C=O) groups excluding carboxylic acids is 1. The lowest BCUT2D eigenvalue weighted by Crippen LogP contribution is -2.15. The van der Waals surface area contributed by atoms with Crippen molar-refractivity contribution < 1.29 is 22.1 Å². The first-order chi connectivity index (χ1) is 8.38. The molecule has 18 heavy (non-hydrogen) atoms. The largest absolute Gasteiger partial charge is 0.460 e. The molecule has 0 aromatic heterocycles. The number of benzene rings is 1. The van der Waals surface area contributed by atoms with E-state index in [9.17, 15) is 13.2 Å². The summed E-state index contributed by atoms with van der Waals surface area (Å²) < 4.78 is 33.0. The predicted octanol–water partition coefficient (Wildman–Crippen LogP) is 1.78. The van der Waals surface area contributed by atoms with Crippen LogP contribution in [-0.2, 0) is 23.8 Å². The molecule has 0 amide bonds. The second-order valence-corrected chi connectivity index (χ2v) is 4.96. The number of carbonyl (C=O) groups is 1. The lowest BCUT2D eigenvalue weighted by Gasteiger charge is -2.10. The van der Waals surface area contributed by atoms with E-state index < -0.39 is 21.8 Å². The molecule has 0 atom stereocenters. The van der Waals surface area contributed by atoms with E-state index in [1.807, 2.05) is 0 Å². The van der Waals surface area contributed by atoms with Crippen LogP contribution >= 0.6 is 0 Å². The van der Waals surface area contributed by atoms with Gasteiger partial charge in [-0.3, -0.25) is 0 Å². The molecule has 1 aromatic rings. The minimum atomic E-state index is -4.05. The zero-order valence-electron chi connectivity index (χ0n) is 10.2. The quantitative estimate of drug-likeness (QED) is 0.353. The van der Waals surface area contributed by atoms with Crippen molar-refractivity contribution in [2.45, 2.75) is 18.7 Å². The van der Waals surface area contributed by atoms with Gasteiger partial charge in [0, 0.05) is 0 Å². The SMILES string of the molecule is C=C(OS(=O)(=O)c1ccccc1C)C(=O)OCC. The average molecular weight is 270 g/mol. The van der Waals surface area contributed by atoms with E-state index in [2.05, 4.69) is 15.5 Å². The highest BCUT2D eigenvalue weighted by molar-refractivity contribution is 7.87. The van der Waals surface area contributed by atoms with Gasteiger partial charge < -0.3 is 8.92 Å². The summed E-state index contributed by atoms with van der Waals surface area (Å²) >= 11 is 0. The molecule has 0 saturated heterocycles. The Morgan fingerprint density at radius 2 is 1.94 bits per heavy atom. The summed E-state index contributed by atoms with van der Waals surface area (Å²) in [5.74, 6) is -1.45. The molecule has 1 rings (SSSR count). The second kappa shape index (κ2) is 5.68. The summed E-state index contributed by atoms with van der Waals surface area (Å²) in [4.78, 5) is 11.2.